The number of hydrogen-bond donors (Lipinski definition) is 1. The molecule has 1 saturated heterocycles. The van der Waals surface area contributed by atoms with Gasteiger partial charge >= 0.3 is 0 Å². The van der Waals surface area contributed by atoms with Crippen LogP contribution in [0.4, 0.5) is 10.2 Å². The first-order valence-corrected chi connectivity index (χ1v) is 6.72. The molecule has 0 atom stereocenters. The van der Waals surface area contributed by atoms with Gasteiger partial charge in [0.25, 0.3) is 0 Å². The van der Waals surface area contributed by atoms with E-state index in [-0.39, 0.29) is 5.82 Å². The summed E-state index contributed by atoms with van der Waals surface area (Å²) in [5.41, 5.74) is 0.630. The lowest BCUT2D eigenvalue weighted by molar-refractivity contribution is 0.435. The molecular weight excluding hydrogens is 231 g/mol. The van der Waals surface area contributed by atoms with Gasteiger partial charge in [0, 0.05) is 25.0 Å². The molecule has 98 valence electrons. The molecule has 0 aromatic carbocycles. The molecule has 1 N–H and O–H groups in total. The first kappa shape index (κ1) is 11.8. The normalized spacial score (nSPS) is 21.3. The van der Waals surface area contributed by atoms with Crippen LogP contribution in [0.25, 0.3) is 0 Å². The lowest BCUT2D eigenvalue weighted by Gasteiger charge is -2.40. The number of rotatable bonds is 3. The number of nitrogens with zero attached hydrogens (tertiary/aromatic N) is 3. The van der Waals surface area contributed by atoms with Crippen molar-refractivity contribution in [3.8, 4) is 0 Å². The van der Waals surface area contributed by atoms with E-state index in [1.807, 2.05) is 11.9 Å². The molecule has 18 heavy (non-hydrogen) atoms. The van der Waals surface area contributed by atoms with Crippen molar-refractivity contribution >= 4 is 5.82 Å². The van der Waals surface area contributed by atoms with Gasteiger partial charge in [0.1, 0.15) is 6.33 Å². The third kappa shape index (κ3) is 1.96. The lowest BCUT2D eigenvalue weighted by atomic mass is 10.0. The van der Waals surface area contributed by atoms with Gasteiger partial charge in [-0.1, -0.05) is 12.8 Å². The third-order valence-corrected chi connectivity index (χ3v) is 4.13. The van der Waals surface area contributed by atoms with E-state index < -0.39 is 0 Å². The van der Waals surface area contributed by atoms with Crippen molar-refractivity contribution in [2.75, 3.05) is 25.0 Å². The van der Waals surface area contributed by atoms with E-state index >= 15 is 0 Å². The highest BCUT2D eigenvalue weighted by Gasteiger charge is 2.31. The molecule has 1 saturated carbocycles. The van der Waals surface area contributed by atoms with Gasteiger partial charge in [-0.25, -0.2) is 14.4 Å². The summed E-state index contributed by atoms with van der Waals surface area (Å²) in [6.45, 7) is 1.66. The molecular formula is C13H19FN4. The van der Waals surface area contributed by atoms with Crippen molar-refractivity contribution in [1.29, 1.82) is 0 Å². The van der Waals surface area contributed by atoms with Crippen molar-refractivity contribution in [1.82, 2.24) is 15.3 Å². The fourth-order valence-electron chi connectivity index (χ4n) is 2.91. The van der Waals surface area contributed by atoms with Gasteiger partial charge in [-0.15, -0.1) is 0 Å². The second-order valence-electron chi connectivity index (χ2n) is 5.27. The highest BCUT2D eigenvalue weighted by molar-refractivity contribution is 5.45. The molecule has 2 fully saturated rings. The smallest absolute Gasteiger partial charge is 0.187 e. The molecule has 1 aromatic rings. The van der Waals surface area contributed by atoms with Gasteiger partial charge in [0.2, 0.25) is 0 Å². The summed E-state index contributed by atoms with van der Waals surface area (Å²) in [7, 11) is 1.93. The molecule has 2 heterocycles. The Morgan fingerprint density at radius 2 is 2.00 bits per heavy atom. The number of aromatic nitrogens is 2. The van der Waals surface area contributed by atoms with Crippen molar-refractivity contribution in [2.24, 2.45) is 0 Å². The Hall–Kier alpha value is -1.23. The molecule has 5 heteroatoms. The second kappa shape index (κ2) is 4.80. The molecule has 0 amide bonds. The van der Waals surface area contributed by atoms with Crippen molar-refractivity contribution in [3.05, 3.63) is 17.8 Å². The lowest BCUT2D eigenvalue weighted by Crippen LogP contribution is -2.57. The molecule has 0 radical (unpaired) electrons. The summed E-state index contributed by atoms with van der Waals surface area (Å²) in [6, 6.07) is 0.453. The molecule has 4 nitrogen and oxygen atoms in total. The summed E-state index contributed by atoms with van der Waals surface area (Å²) in [4.78, 5) is 10.3. The quantitative estimate of drug-likeness (QED) is 0.886. The van der Waals surface area contributed by atoms with Crippen LogP contribution in [-0.2, 0) is 0 Å². The fraction of sp³-hybridized carbons (Fsp3) is 0.692. The van der Waals surface area contributed by atoms with Crippen LogP contribution in [0.3, 0.4) is 0 Å². The van der Waals surface area contributed by atoms with Gasteiger partial charge in [0.05, 0.1) is 5.69 Å². The Balaban J connectivity index is 1.81. The molecule has 2 aliphatic rings. The van der Waals surface area contributed by atoms with E-state index in [9.17, 15) is 4.39 Å². The van der Waals surface area contributed by atoms with Crippen LogP contribution in [0.15, 0.2) is 6.33 Å². The Morgan fingerprint density at radius 3 is 2.67 bits per heavy atom. The van der Waals surface area contributed by atoms with Gasteiger partial charge < -0.3 is 10.2 Å². The summed E-state index contributed by atoms with van der Waals surface area (Å²) in [6.07, 6.45) is 6.02. The summed E-state index contributed by atoms with van der Waals surface area (Å²) in [5.74, 6) is 0.588. The van der Waals surface area contributed by atoms with Crippen LogP contribution in [0.1, 0.15) is 37.3 Å². The largest absolute Gasteiger partial charge is 0.351 e. The minimum absolute atomic E-state index is 0.195. The summed E-state index contributed by atoms with van der Waals surface area (Å²) in [5, 5.41) is 3.18. The Labute approximate surface area is 107 Å². The standard InChI is InChI=1S/C13H19FN4/c1-15-10-6-18(7-10)13-11(14)12(16-8-17-13)9-4-2-3-5-9/h8-10,15H,2-7H2,1H3. The Bertz CT molecular complexity index is 425. The summed E-state index contributed by atoms with van der Waals surface area (Å²) >= 11 is 0. The number of anilines is 1. The van der Waals surface area contributed by atoms with Crippen LogP contribution in [-0.4, -0.2) is 36.1 Å². The zero-order chi connectivity index (χ0) is 12.5. The SMILES string of the molecule is CNC1CN(c2ncnc(C3CCCC3)c2F)C1. The minimum Gasteiger partial charge on any atom is -0.351 e. The van der Waals surface area contributed by atoms with E-state index in [1.165, 1.54) is 19.2 Å². The van der Waals surface area contributed by atoms with E-state index in [1.54, 1.807) is 0 Å². The highest BCUT2D eigenvalue weighted by atomic mass is 19.1. The predicted molar refractivity (Wildman–Crippen MR) is 68.3 cm³/mol. The Morgan fingerprint density at radius 1 is 1.28 bits per heavy atom. The van der Waals surface area contributed by atoms with E-state index in [0.29, 0.717) is 23.5 Å². The molecule has 0 spiro atoms. The van der Waals surface area contributed by atoms with E-state index in [2.05, 4.69) is 15.3 Å². The van der Waals surface area contributed by atoms with Crippen LogP contribution in [0.5, 0.6) is 0 Å². The number of halogens is 1. The zero-order valence-electron chi connectivity index (χ0n) is 10.7. The first-order chi connectivity index (χ1) is 8.79. The molecule has 0 unspecified atom stereocenters. The maximum atomic E-state index is 14.4. The number of likely N-dealkylation sites (N-methyl/N-ethyl adjacent to an activating group) is 1. The minimum atomic E-state index is -0.195. The topological polar surface area (TPSA) is 41.0 Å². The van der Waals surface area contributed by atoms with Gasteiger partial charge in [-0.3, -0.25) is 0 Å². The average Bonchev–Trinajstić information content (AvgIpc) is 2.83. The van der Waals surface area contributed by atoms with Crippen LogP contribution in [0.2, 0.25) is 0 Å². The number of nitrogens with one attached hydrogen (secondary N) is 1. The second-order valence-corrected chi connectivity index (χ2v) is 5.27. The summed E-state index contributed by atoms with van der Waals surface area (Å²) < 4.78 is 14.4. The van der Waals surface area contributed by atoms with Gasteiger partial charge in [0.15, 0.2) is 11.6 Å². The monoisotopic (exact) mass is 250 g/mol. The molecule has 3 rings (SSSR count). The van der Waals surface area contributed by atoms with E-state index in [0.717, 1.165) is 25.9 Å². The maximum Gasteiger partial charge on any atom is 0.187 e. The molecule has 1 aliphatic carbocycles. The third-order valence-electron chi connectivity index (χ3n) is 4.13. The maximum absolute atomic E-state index is 14.4. The predicted octanol–water partition coefficient (Wildman–Crippen LogP) is 1.68. The molecule has 0 bridgehead atoms. The average molecular weight is 250 g/mol. The fourth-order valence-corrected chi connectivity index (χ4v) is 2.91. The van der Waals surface area contributed by atoms with Crippen LogP contribution >= 0.6 is 0 Å². The van der Waals surface area contributed by atoms with Crippen LogP contribution < -0.4 is 10.2 Å². The van der Waals surface area contributed by atoms with Crippen molar-refractivity contribution in [3.63, 3.8) is 0 Å². The first-order valence-electron chi connectivity index (χ1n) is 6.72. The van der Waals surface area contributed by atoms with Gasteiger partial charge in [-0.05, 0) is 19.9 Å². The van der Waals surface area contributed by atoms with Crippen molar-refractivity contribution in [2.45, 2.75) is 37.6 Å². The van der Waals surface area contributed by atoms with Gasteiger partial charge in [-0.2, -0.15) is 0 Å². The highest BCUT2D eigenvalue weighted by Crippen LogP contribution is 2.36. The zero-order valence-corrected chi connectivity index (χ0v) is 10.7. The Kier molecular flexibility index (Phi) is 3.16. The van der Waals surface area contributed by atoms with Crippen molar-refractivity contribution < 1.29 is 4.39 Å². The van der Waals surface area contributed by atoms with E-state index in [4.69, 9.17) is 0 Å². The molecule has 1 aliphatic heterocycles. The number of hydrogen-bond acceptors (Lipinski definition) is 4. The van der Waals surface area contributed by atoms with Crippen LogP contribution in [0, 0.1) is 5.82 Å². The molecule has 1 aromatic heterocycles.